The van der Waals surface area contributed by atoms with Gasteiger partial charge in [-0.3, -0.25) is 0 Å². The van der Waals surface area contributed by atoms with Gasteiger partial charge in [0, 0.05) is 23.5 Å². The molecule has 1 aliphatic heterocycles. The third kappa shape index (κ3) is 3.29. The molecule has 0 aromatic carbocycles. The van der Waals surface area contributed by atoms with E-state index >= 15 is 0 Å². The fourth-order valence-corrected chi connectivity index (χ4v) is 4.05. The van der Waals surface area contributed by atoms with Crippen molar-refractivity contribution in [3.05, 3.63) is 10.6 Å². The maximum Gasteiger partial charge on any atom is 0.186 e. The summed E-state index contributed by atoms with van der Waals surface area (Å²) in [6.45, 7) is 12.3. The lowest BCUT2D eigenvalue weighted by Gasteiger charge is -2.31. The smallest absolute Gasteiger partial charge is 0.186 e. The van der Waals surface area contributed by atoms with E-state index in [-0.39, 0.29) is 5.54 Å². The van der Waals surface area contributed by atoms with Crippen LogP contribution in [0.3, 0.4) is 0 Å². The largest absolute Gasteiger partial charge is 0.343 e. The highest BCUT2D eigenvalue weighted by molar-refractivity contribution is 7.15. The number of rotatable bonds is 6. The van der Waals surface area contributed by atoms with Crippen molar-refractivity contribution in [2.45, 2.75) is 65.5 Å². The van der Waals surface area contributed by atoms with Gasteiger partial charge >= 0.3 is 0 Å². The second kappa shape index (κ2) is 6.23. The van der Waals surface area contributed by atoms with E-state index < -0.39 is 0 Å². The van der Waals surface area contributed by atoms with Gasteiger partial charge in [0.05, 0.1) is 5.69 Å². The molecule has 1 aromatic rings. The minimum atomic E-state index is 0.275. The molecule has 1 aliphatic rings. The van der Waals surface area contributed by atoms with E-state index in [4.69, 9.17) is 4.98 Å². The fraction of sp³-hybridized carbons (Fsp3) is 0.800. The van der Waals surface area contributed by atoms with E-state index in [1.54, 1.807) is 0 Å². The Hall–Kier alpha value is -0.610. The third-order valence-corrected chi connectivity index (χ3v) is 5.07. The minimum absolute atomic E-state index is 0.275. The first kappa shape index (κ1) is 14.8. The molecule has 4 heteroatoms. The van der Waals surface area contributed by atoms with Crippen molar-refractivity contribution in [1.82, 2.24) is 10.3 Å². The first-order valence-electron chi connectivity index (χ1n) is 7.55. The van der Waals surface area contributed by atoms with E-state index in [0.29, 0.717) is 0 Å². The number of aromatic nitrogens is 1. The van der Waals surface area contributed by atoms with Gasteiger partial charge in [0.2, 0.25) is 0 Å². The lowest BCUT2D eigenvalue weighted by molar-refractivity contribution is 0.517. The van der Waals surface area contributed by atoms with Crippen molar-refractivity contribution in [2.24, 2.45) is 0 Å². The van der Waals surface area contributed by atoms with Crippen molar-refractivity contribution < 1.29 is 0 Å². The molecular weight excluding hydrogens is 254 g/mol. The lowest BCUT2D eigenvalue weighted by atomic mass is 10.0. The molecule has 108 valence electrons. The standard InChI is InChI=1S/C15H27N3S/c1-5-9-16-11-13-12(6-2)17-14(19-13)18-10-7-8-15(18,3)4/h16H,5-11H2,1-4H3. The van der Waals surface area contributed by atoms with Crippen LogP contribution >= 0.6 is 11.3 Å². The van der Waals surface area contributed by atoms with E-state index in [9.17, 15) is 0 Å². The van der Waals surface area contributed by atoms with Gasteiger partial charge in [-0.15, -0.1) is 11.3 Å². The van der Waals surface area contributed by atoms with Crippen molar-refractivity contribution in [1.29, 1.82) is 0 Å². The first-order valence-corrected chi connectivity index (χ1v) is 8.37. The van der Waals surface area contributed by atoms with Crippen LogP contribution in [0, 0.1) is 0 Å². The van der Waals surface area contributed by atoms with E-state index in [2.05, 4.69) is 37.9 Å². The number of thiazole rings is 1. The Labute approximate surface area is 121 Å². The van der Waals surface area contributed by atoms with Gasteiger partial charge in [0.15, 0.2) is 5.13 Å². The van der Waals surface area contributed by atoms with Crippen LogP contribution in [0.1, 0.15) is 57.5 Å². The topological polar surface area (TPSA) is 28.2 Å². The van der Waals surface area contributed by atoms with Crippen LogP contribution in [-0.2, 0) is 13.0 Å². The predicted molar refractivity (Wildman–Crippen MR) is 84.1 cm³/mol. The molecule has 0 saturated carbocycles. The molecule has 0 atom stereocenters. The zero-order valence-electron chi connectivity index (χ0n) is 12.8. The maximum absolute atomic E-state index is 4.89. The number of nitrogens with one attached hydrogen (secondary N) is 1. The van der Waals surface area contributed by atoms with Crippen LogP contribution in [-0.4, -0.2) is 23.6 Å². The van der Waals surface area contributed by atoms with E-state index in [1.807, 2.05) is 11.3 Å². The minimum Gasteiger partial charge on any atom is -0.343 e. The highest BCUT2D eigenvalue weighted by Gasteiger charge is 2.34. The molecule has 0 radical (unpaired) electrons. The van der Waals surface area contributed by atoms with Crippen LogP contribution < -0.4 is 10.2 Å². The fourth-order valence-electron chi connectivity index (χ4n) is 2.74. The lowest BCUT2D eigenvalue weighted by Crippen LogP contribution is -2.38. The number of hydrogen-bond acceptors (Lipinski definition) is 4. The highest BCUT2D eigenvalue weighted by atomic mass is 32.1. The van der Waals surface area contributed by atoms with Crippen molar-refractivity contribution in [2.75, 3.05) is 18.0 Å². The normalized spacial score (nSPS) is 18.2. The molecule has 0 unspecified atom stereocenters. The van der Waals surface area contributed by atoms with Gasteiger partial charge in [0.1, 0.15) is 0 Å². The molecular formula is C15H27N3S. The Bertz CT molecular complexity index is 412. The average molecular weight is 281 g/mol. The summed E-state index contributed by atoms with van der Waals surface area (Å²) in [5.74, 6) is 0. The summed E-state index contributed by atoms with van der Waals surface area (Å²) in [4.78, 5) is 8.81. The van der Waals surface area contributed by atoms with Crippen LogP contribution in [0.15, 0.2) is 0 Å². The van der Waals surface area contributed by atoms with Crippen molar-refractivity contribution in [3.8, 4) is 0 Å². The van der Waals surface area contributed by atoms with E-state index in [1.165, 1.54) is 35.0 Å². The molecule has 19 heavy (non-hydrogen) atoms. The highest BCUT2D eigenvalue weighted by Crippen LogP contribution is 2.37. The molecule has 2 heterocycles. The Morgan fingerprint density at radius 2 is 2.16 bits per heavy atom. The summed E-state index contributed by atoms with van der Waals surface area (Å²) in [5.41, 5.74) is 1.56. The van der Waals surface area contributed by atoms with Crippen molar-refractivity contribution in [3.63, 3.8) is 0 Å². The predicted octanol–water partition coefficient (Wildman–Crippen LogP) is 3.58. The van der Waals surface area contributed by atoms with Gasteiger partial charge in [-0.05, 0) is 46.1 Å². The Morgan fingerprint density at radius 3 is 2.74 bits per heavy atom. The molecule has 1 aromatic heterocycles. The zero-order valence-corrected chi connectivity index (χ0v) is 13.6. The van der Waals surface area contributed by atoms with Gasteiger partial charge in [-0.2, -0.15) is 0 Å². The molecule has 3 nitrogen and oxygen atoms in total. The van der Waals surface area contributed by atoms with Crippen LogP contribution in [0.25, 0.3) is 0 Å². The molecule has 0 amide bonds. The summed E-state index contributed by atoms with van der Waals surface area (Å²) in [5, 5.41) is 4.73. The maximum atomic E-state index is 4.89. The molecule has 0 spiro atoms. The molecule has 0 bridgehead atoms. The Kier molecular flexibility index (Phi) is 4.85. The monoisotopic (exact) mass is 281 g/mol. The van der Waals surface area contributed by atoms with Gasteiger partial charge in [0.25, 0.3) is 0 Å². The molecule has 1 N–H and O–H groups in total. The van der Waals surface area contributed by atoms with Gasteiger partial charge < -0.3 is 10.2 Å². The summed E-state index contributed by atoms with van der Waals surface area (Å²) in [7, 11) is 0. The number of nitrogens with zero attached hydrogens (tertiary/aromatic N) is 2. The van der Waals surface area contributed by atoms with E-state index in [0.717, 1.165) is 26.1 Å². The second-order valence-corrected chi connectivity index (χ2v) is 7.03. The number of anilines is 1. The van der Waals surface area contributed by atoms with Gasteiger partial charge in [-0.1, -0.05) is 13.8 Å². The van der Waals surface area contributed by atoms with Crippen LogP contribution in [0.2, 0.25) is 0 Å². The zero-order chi connectivity index (χ0) is 13.9. The third-order valence-electron chi connectivity index (χ3n) is 3.95. The van der Waals surface area contributed by atoms with Gasteiger partial charge in [-0.25, -0.2) is 4.98 Å². The quantitative estimate of drug-likeness (QED) is 0.808. The molecule has 1 saturated heterocycles. The number of aryl methyl sites for hydroxylation is 1. The molecule has 2 rings (SSSR count). The molecule has 1 fully saturated rings. The first-order chi connectivity index (χ1) is 9.08. The van der Waals surface area contributed by atoms with Crippen LogP contribution in [0.5, 0.6) is 0 Å². The number of hydrogen-bond donors (Lipinski definition) is 1. The molecule has 0 aliphatic carbocycles. The Balaban J connectivity index is 2.14. The average Bonchev–Trinajstić information content (AvgIpc) is 2.92. The SMILES string of the molecule is CCCNCc1sc(N2CCCC2(C)C)nc1CC. The summed E-state index contributed by atoms with van der Waals surface area (Å²) in [6, 6.07) is 0. The summed E-state index contributed by atoms with van der Waals surface area (Å²) in [6.07, 6.45) is 4.79. The summed E-state index contributed by atoms with van der Waals surface area (Å²) < 4.78 is 0. The Morgan fingerprint density at radius 1 is 1.37 bits per heavy atom. The van der Waals surface area contributed by atoms with Crippen LogP contribution in [0.4, 0.5) is 5.13 Å². The second-order valence-electron chi connectivity index (χ2n) is 5.96. The van der Waals surface area contributed by atoms with Crippen molar-refractivity contribution >= 4 is 16.5 Å². The summed E-state index contributed by atoms with van der Waals surface area (Å²) >= 11 is 1.89.